The molecule has 3 rings (SSSR count). The normalized spacial score (nSPS) is 17.6. The van der Waals surface area contributed by atoms with Gasteiger partial charge in [0.25, 0.3) is 0 Å². The minimum absolute atomic E-state index is 0.214. The number of hydrogen-bond acceptors (Lipinski definition) is 2. The molecule has 1 saturated carbocycles. The molecule has 17 heavy (non-hydrogen) atoms. The number of nitrogens with two attached hydrogens (primary N) is 1. The molecule has 1 unspecified atom stereocenters. The first kappa shape index (κ1) is 10.8. The Morgan fingerprint density at radius 3 is 2.88 bits per heavy atom. The Hall–Kier alpha value is -1.35. The summed E-state index contributed by atoms with van der Waals surface area (Å²) in [6.07, 6.45) is 3.53. The Kier molecular flexibility index (Phi) is 2.44. The maximum atomic E-state index is 5.86. The summed E-state index contributed by atoms with van der Waals surface area (Å²) in [7, 11) is 0. The molecule has 1 aromatic carbocycles. The molecule has 1 fully saturated rings. The van der Waals surface area contributed by atoms with Crippen LogP contribution >= 0.6 is 0 Å². The van der Waals surface area contributed by atoms with E-state index < -0.39 is 0 Å². The minimum Gasteiger partial charge on any atom is -0.328 e. The Bertz CT molecular complexity index is 550. The third-order valence-corrected chi connectivity index (χ3v) is 3.40. The van der Waals surface area contributed by atoms with Gasteiger partial charge in [-0.25, -0.2) is 4.98 Å². The van der Waals surface area contributed by atoms with Crippen molar-refractivity contribution in [2.45, 2.75) is 45.2 Å². The van der Waals surface area contributed by atoms with Crippen molar-refractivity contribution in [3.8, 4) is 0 Å². The fourth-order valence-corrected chi connectivity index (χ4v) is 2.55. The summed E-state index contributed by atoms with van der Waals surface area (Å²) in [4.78, 5) is 4.63. The van der Waals surface area contributed by atoms with Gasteiger partial charge in [0.05, 0.1) is 11.0 Å². The molecule has 2 N–H and O–H groups in total. The molecular weight excluding hydrogens is 210 g/mol. The Balaban J connectivity index is 2.09. The van der Waals surface area contributed by atoms with E-state index in [1.54, 1.807) is 0 Å². The van der Waals surface area contributed by atoms with Crippen LogP contribution in [0.3, 0.4) is 0 Å². The van der Waals surface area contributed by atoms with Crippen molar-refractivity contribution in [3.05, 3.63) is 29.6 Å². The first-order valence-electron chi connectivity index (χ1n) is 6.38. The predicted molar refractivity (Wildman–Crippen MR) is 70.1 cm³/mol. The Labute approximate surface area is 102 Å². The highest BCUT2D eigenvalue weighted by molar-refractivity contribution is 5.77. The molecule has 0 saturated heterocycles. The van der Waals surface area contributed by atoms with E-state index in [0.29, 0.717) is 6.04 Å². The molecule has 1 aliphatic carbocycles. The zero-order valence-electron chi connectivity index (χ0n) is 10.5. The smallest absolute Gasteiger partial charge is 0.106 e. The lowest BCUT2D eigenvalue weighted by Crippen LogP contribution is -2.17. The summed E-state index contributed by atoms with van der Waals surface area (Å²) >= 11 is 0. The van der Waals surface area contributed by atoms with Crippen molar-refractivity contribution in [1.82, 2.24) is 9.55 Å². The van der Waals surface area contributed by atoms with Gasteiger partial charge >= 0.3 is 0 Å². The molecule has 0 amide bonds. The summed E-state index contributed by atoms with van der Waals surface area (Å²) in [5.74, 6) is 1.14. The SMILES string of the molecule is Cc1nc2ccc(CC(C)N)cc2n1C1CC1. The fraction of sp³-hybridized carbons (Fsp3) is 0.500. The monoisotopic (exact) mass is 229 g/mol. The average molecular weight is 229 g/mol. The third-order valence-electron chi connectivity index (χ3n) is 3.40. The highest BCUT2D eigenvalue weighted by Crippen LogP contribution is 2.38. The van der Waals surface area contributed by atoms with Crippen LogP contribution in [0.15, 0.2) is 18.2 Å². The highest BCUT2D eigenvalue weighted by Gasteiger charge is 2.26. The fourth-order valence-electron chi connectivity index (χ4n) is 2.55. The van der Waals surface area contributed by atoms with E-state index in [2.05, 4.69) is 34.7 Å². The lowest BCUT2D eigenvalue weighted by Gasteiger charge is -2.07. The van der Waals surface area contributed by atoms with Crippen LogP contribution in [0.1, 0.15) is 37.2 Å². The summed E-state index contributed by atoms with van der Waals surface area (Å²) in [5.41, 5.74) is 9.57. The van der Waals surface area contributed by atoms with E-state index in [9.17, 15) is 0 Å². The first-order chi connectivity index (χ1) is 8.15. The number of hydrogen-bond donors (Lipinski definition) is 1. The third kappa shape index (κ3) is 1.95. The van der Waals surface area contributed by atoms with Crippen LogP contribution in [0.4, 0.5) is 0 Å². The maximum Gasteiger partial charge on any atom is 0.106 e. The molecular formula is C14H19N3. The average Bonchev–Trinajstić information content (AvgIpc) is 3.01. The second kappa shape index (κ2) is 3.84. The van der Waals surface area contributed by atoms with Crippen LogP contribution in [0.2, 0.25) is 0 Å². The number of imidazole rings is 1. The van der Waals surface area contributed by atoms with Crippen LogP contribution in [0.25, 0.3) is 11.0 Å². The molecule has 1 atom stereocenters. The van der Waals surface area contributed by atoms with Gasteiger partial charge in [0.2, 0.25) is 0 Å². The molecule has 3 nitrogen and oxygen atoms in total. The lowest BCUT2D eigenvalue weighted by atomic mass is 10.1. The van der Waals surface area contributed by atoms with Crippen molar-refractivity contribution in [1.29, 1.82) is 0 Å². The van der Waals surface area contributed by atoms with Crippen LogP contribution in [0.5, 0.6) is 0 Å². The van der Waals surface area contributed by atoms with Gasteiger partial charge in [-0.1, -0.05) is 6.07 Å². The van der Waals surface area contributed by atoms with E-state index in [0.717, 1.165) is 17.8 Å². The van der Waals surface area contributed by atoms with Crippen molar-refractivity contribution in [2.24, 2.45) is 5.73 Å². The van der Waals surface area contributed by atoms with Gasteiger partial charge in [0, 0.05) is 12.1 Å². The minimum atomic E-state index is 0.214. The molecule has 1 aromatic heterocycles. The summed E-state index contributed by atoms with van der Waals surface area (Å²) in [6, 6.07) is 7.43. The van der Waals surface area contributed by atoms with Gasteiger partial charge in [0.15, 0.2) is 0 Å². The molecule has 0 spiro atoms. The van der Waals surface area contributed by atoms with Crippen LogP contribution < -0.4 is 5.73 Å². The van der Waals surface area contributed by atoms with Gasteiger partial charge in [-0.15, -0.1) is 0 Å². The molecule has 3 heteroatoms. The zero-order valence-corrected chi connectivity index (χ0v) is 10.5. The van der Waals surface area contributed by atoms with Gasteiger partial charge in [-0.05, 0) is 50.8 Å². The van der Waals surface area contributed by atoms with Crippen LogP contribution in [-0.2, 0) is 6.42 Å². The van der Waals surface area contributed by atoms with Gasteiger partial charge in [0.1, 0.15) is 5.82 Å². The molecule has 2 aromatic rings. The Morgan fingerprint density at radius 1 is 1.47 bits per heavy atom. The van der Waals surface area contributed by atoms with Gasteiger partial charge in [-0.2, -0.15) is 0 Å². The van der Waals surface area contributed by atoms with Crippen molar-refractivity contribution in [2.75, 3.05) is 0 Å². The number of benzene rings is 1. The summed E-state index contributed by atoms with van der Waals surface area (Å²) in [6.45, 7) is 4.15. The predicted octanol–water partition coefficient (Wildman–Crippen LogP) is 2.57. The second-order valence-electron chi connectivity index (χ2n) is 5.26. The molecule has 0 bridgehead atoms. The van der Waals surface area contributed by atoms with Gasteiger partial charge in [-0.3, -0.25) is 0 Å². The number of rotatable bonds is 3. The summed E-state index contributed by atoms with van der Waals surface area (Å²) < 4.78 is 2.39. The number of nitrogens with zero attached hydrogens (tertiary/aromatic N) is 2. The van der Waals surface area contributed by atoms with Crippen molar-refractivity contribution >= 4 is 11.0 Å². The van der Waals surface area contributed by atoms with E-state index in [4.69, 9.17) is 5.73 Å². The number of fused-ring (bicyclic) bond motifs is 1. The zero-order chi connectivity index (χ0) is 12.0. The maximum absolute atomic E-state index is 5.86. The van der Waals surface area contributed by atoms with E-state index >= 15 is 0 Å². The molecule has 1 heterocycles. The second-order valence-corrected chi connectivity index (χ2v) is 5.26. The van der Waals surface area contributed by atoms with E-state index in [1.807, 2.05) is 6.92 Å². The van der Waals surface area contributed by atoms with E-state index in [-0.39, 0.29) is 6.04 Å². The Morgan fingerprint density at radius 2 is 2.24 bits per heavy atom. The van der Waals surface area contributed by atoms with Crippen LogP contribution in [0, 0.1) is 6.92 Å². The van der Waals surface area contributed by atoms with Crippen molar-refractivity contribution in [3.63, 3.8) is 0 Å². The number of aryl methyl sites for hydroxylation is 1. The quantitative estimate of drug-likeness (QED) is 0.879. The van der Waals surface area contributed by atoms with Crippen molar-refractivity contribution < 1.29 is 0 Å². The van der Waals surface area contributed by atoms with Crippen LogP contribution in [-0.4, -0.2) is 15.6 Å². The largest absolute Gasteiger partial charge is 0.328 e. The summed E-state index contributed by atoms with van der Waals surface area (Å²) in [5, 5.41) is 0. The standard InChI is InChI=1S/C14H19N3/c1-9(15)7-11-3-6-13-14(8-11)17(10(2)16-13)12-4-5-12/h3,6,8-9,12H,4-5,7,15H2,1-2H3. The van der Waals surface area contributed by atoms with E-state index in [1.165, 1.54) is 23.9 Å². The topological polar surface area (TPSA) is 43.8 Å². The molecule has 90 valence electrons. The number of aromatic nitrogens is 2. The first-order valence-corrected chi connectivity index (χ1v) is 6.38. The lowest BCUT2D eigenvalue weighted by molar-refractivity contribution is 0.727. The molecule has 0 radical (unpaired) electrons. The molecule has 1 aliphatic rings. The van der Waals surface area contributed by atoms with Gasteiger partial charge < -0.3 is 10.3 Å². The highest BCUT2D eigenvalue weighted by atomic mass is 15.1. The molecule has 0 aliphatic heterocycles.